The second-order valence-corrected chi connectivity index (χ2v) is 9.85. The third kappa shape index (κ3) is 4.28. The molecule has 3 aliphatic rings. The Kier molecular flexibility index (Phi) is 5.96. The number of nitrogens with zero attached hydrogens (tertiary/aromatic N) is 4. The maximum Gasteiger partial charge on any atom is 0.243 e. The molecule has 0 spiro atoms. The van der Waals surface area contributed by atoms with Crippen molar-refractivity contribution in [2.45, 2.75) is 38.4 Å². The monoisotopic (exact) mass is 445 g/mol. The lowest BCUT2D eigenvalue weighted by Gasteiger charge is -2.28. The Balaban J connectivity index is 1.40. The summed E-state index contributed by atoms with van der Waals surface area (Å²) in [6.07, 6.45) is 1.59. The highest BCUT2D eigenvalue weighted by Gasteiger charge is 2.41. The van der Waals surface area contributed by atoms with Crippen LogP contribution >= 0.6 is 0 Å². The molecule has 10 heteroatoms. The summed E-state index contributed by atoms with van der Waals surface area (Å²) in [6.45, 7) is 7.53. The molecule has 3 aliphatic heterocycles. The van der Waals surface area contributed by atoms with Crippen LogP contribution in [0.1, 0.15) is 26.3 Å². The number of rotatable bonds is 5. The molecule has 1 saturated heterocycles. The van der Waals surface area contributed by atoms with E-state index >= 15 is 0 Å². The molecular weight excluding hydrogens is 418 g/mol. The van der Waals surface area contributed by atoms with Gasteiger partial charge < -0.3 is 10.1 Å². The number of allylic oxidation sites excluding steroid dienone is 2. The van der Waals surface area contributed by atoms with Crippen LogP contribution in [0.3, 0.4) is 0 Å². The predicted octanol–water partition coefficient (Wildman–Crippen LogP) is 1.34. The average Bonchev–Trinajstić information content (AvgIpc) is 3.09. The van der Waals surface area contributed by atoms with Crippen molar-refractivity contribution in [3.05, 3.63) is 41.6 Å². The first-order chi connectivity index (χ1) is 14.8. The van der Waals surface area contributed by atoms with E-state index in [1.807, 2.05) is 26.8 Å². The molecule has 3 heterocycles. The van der Waals surface area contributed by atoms with Crippen LogP contribution in [-0.4, -0.2) is 67.5 Å². The van der Waals surface area contributed by atoms with Crippen LogP contribution in [0.25, 0.3) is 0 Å². The largest absolute Gasteiger partial charge is 0.379 e. The lowest BCUT2D eigenvalue weighted by Crippen LogP contribution is -2.43. The first kappa shape index (κ1) is 21.7. The van der Waals surface area contributed by atoms with Crippen molar-refractivity contribution in [3.8, 4) is 0 Å². The summed E-state index contributed by atoms with van der Waals surface area (Å²) in [6, 6.07) is 6.62. The normalized spacial score (nSPS) is 24.2. The summed E-state index contributed by atoms with van der Waals surface area (Å²) in [5.74, 6) is -0.607. The topological polar surface area (TPSA) is 104 Å². The van der Waals surface area contributed by atoms with Gasteiger partial charge in [-0.1, -0.05) is 12.1 Å². The highest BCUT2D eigenvalue weighted by Crippen LogP contribution is 2.30. The summed E-state index contributed by atoms with van der Waals surface area (Å²) in [5.41, 5.74) is 3.38. The number of fused-ring (bicyclic) bond motifs is 1. The number of nitrogens with one attached hydrogen (secondary N) is 1. The number of hydrazone groups is 1. The maximum atomic E-state index is 12.9. The quantitative estimate of drug-likeness (QED) is 0.737. The first-order valence-electron chi connectivity index (χ1n) is 10.3. The predicted molar refractivity (Wildman–Crippen MR) is 117 cm³/mol. The summed E-state index contributed by atoms with van der Waals surface area (Å²) < 4.78 is 32.1. The molecule has 31 heavy (non-hydrogen) atoms. The number of carbonyl (C=O) groups excluding carboxylic acids is 1. The molecule has 2 atom stereocenters. The van der Waals surface area contributed by atoms with Crippen LogP contribution in [0.15, 0.2) is 51.0 Å². The number of sulfonamides is 1. The Morgan fingerprint density at radius 2 is 1.84 bits per heavy atom. The smallest absolute Gasteiger partial charge is 0.243 e. The zero-order chi connectivity index (χ0) is 22.2. The van der Waals surface area contributed by atoms with E-state index in [1.165, 1.54) is 4.31 Å². The van der Waals surface area contributed by atoms with Gasteiger partial charge in [-0.3, -0.25) is 9.79 Å². The van der Waals surface area contributed by atoms with E-state index < -0.39 is 15.9 Å². The fourth-order valence-corrected chi connectivity index (χ4v) is 5.43. The van der Waals surface area contributed by atoms with Gasteiger partial charge in [0.05, 0.1) is 23.8 Å². The van der Waals surface area contributed by atoms with Gasteiger partial charge in [0.15, 0.2) is 6.17 Å². The van der Waals surface area contributed by atoms with Crippen LogP contribution < -0.4 is 5.32 Å². The van der Waals surface area contributed by atoms with Crippen molar-refractivity contribution >= 4 is 27.4 Å². The molecule has 0 bridgehead atoms. The van der Waals surface area contributed by atoms with Gasteiger partial charge in [-0.05, 0) is 44.5 Å². The van der Waals surface area contributed by atoms with E-state index in [1.54, 1.807) is 29.3 Å². The maximum absolute atomic E-state index is 12.9. The van der Waals surface area contributed by atoms with Crippen LogP contribution in [0.5, 0.6) is 0 Å². The zero-order valence-corrected chi connectivity index (χ0v) is 18.7. The summed E-state index contributed by atoms with van der Waals surface area (Å²) in [5, 5.41) is 9.23. The highest BCUT2D eigenvalue weighted by atomic mass is 32.2. The second kappa shape index (κ2) is 8.52. The van der Waals surface area contributed by atoms with E-state index in [0.29, 0.717) is 32.8 Å². The van der Waals surface area contributed by atoms with Crippen molar-refractivity contribution in [2.75, 3.05) is 26.3 Å². The van der Waals surface area contributed by atoms with E-state index in [0.717, 1.165) is 22.7 Å². The Hall–Kier alpha value is -2.56. The van der Waals surface area contributed by atoms with Gasteiger partial charge in [0.25, 0.3) is 0 Å². The molecule has 1 fully saturated rings. The van der Waals surface area contributed by atoms with Crippen LogP contribution in [-0.2, 0) is 26.1 Å². The SMILES string of the molecule is CC1=CC(C)=NC2C(C(=O)NCc3ccc(S(=O)(=O)N4CCOCC4)cc3)C(C)=NN12. The molecule has 9 nitrogen and oxygen atoms in total. The number of carbonyl (C=O) groups is 1. The van der Waals surface area contributed by atoms with Crippen molar-refractivity contribution in [1.82, 2.24) is 14.6 Å². The fourth-order valence-electron chi connectivity index (χ4n) is 4.02. The summed E-state index contributed by atoms with van der Waals surface area (Å²) >= 11 is 0. The van der Waals surface area contributed by atoms with Crippen LogP contribution in [0.2, 0.25) is 0 Å². The molecule has 166 valence electrons. The molecule has 1 aromatic carbocycles. The van der Waals surface area contributed by atoms with Crippen LogP contribution in [0, 0.1) is 5.92 Å². The van der Waals surface area contributed by atoms with Gasteiger partial charge in [-0.2, -0.15) is 9.41 Å². The Bertz CT molecular complexity index is 1060. The minimum Gasteiger partial charge on any atom is -0.379 e. The van der Waals surface area contributed by atoms with Crippen LogP contribution in [0.4, 0.5) is 0 Å². The number of morpholine rings is 1. The van der Waals surface area contributed by atoms with Crippen molar-refractivity contribution in [3.63, 3.8) is 0 Å². The van der Waals surface area contributed by atoms with Gasteiger partial charge in [0.1, 0.15) is 5.92 Å². The fraction of sp³-hybridized carbons (Fsp3) is 0.476. The van der Waals surface area contributed by atoms with Gasteiger partial charge in [0.2, 0.25) is 15.9 Å². The average molecular weight is 446 g/mol. The molecule has 1 amide bonds. The third-order valence-corrected chi connectivity index (χ3v) is 7.57. The number of amides is 1. The van der Waals surface area contributed by atoms with Crippen molar-refractivity contribution < 1.29 is 17.9 Å². The standard InChI is InChI=1S/C21H27N5O4S/c1-14-12-15(2)26-20(23-14)19(16(3)24-26)21(27)22-13-17-4-6-18(7-5-17)31(28,29)25-8-10-30-11-9-25/h4-7,12,19-20H,8-11,13H2,1-3H3,(H,22,27). The summed E-state index contributed by atoms with van der Waals surface area (Å²) in [7, 11) is -3.53. The van der Waals surface area contributed by atoms with E-state index in [4.69, 9.17) is 4.74 Å². The number of hydrogen-bond donors (Lipinski definition) is 1. The van der Waals surface area contributed by atoms with E-state index in [-0.39, 0.29) is 17.0 Å². The van der Waals surface area contributed by atoms with Gasteiger partial charge in [0, 0.05) is 31.0 Å². The third-order valence-electron chi connectivity index (χ3n) is 5.66. The zero-order valence-electron chi connectivity index (χ0n) is 17.9. The molecule has 4 rings (SSSR count). The lowest BCUT2D eigenvalue weighted by atomic mass is 9.99. The molecule has 1 aromatic rings. The van der Waals surface area contributed by atoms with Crippen molar-refractivity contribution in [2.24, 2.45) is 16.0 Å². The molecule has 2 unspecified atom stereocenters. The molecule has 0 saturated carbocycles. The summed E-state index contributed by atoms with van der Waals surface area (Å²) in [4.78, 5) is 17.7. The van der Waals surface area contributed by atoms with Gasteiger partial charge in [-0.15, -0.1) is 0 Å². The molecule has 0 aliphatic carbocycles. The number of aliphatic imine (C=N–C) groups is 1. The number of hydrogen-bond acceptors (Lipinski definition) is 7. The minimum atomic E-state index is -3.53. The second-order valence-electron chi connectivity index (χ2n) is 7.91. The van der Waals surface area contributed by atoms with E-state index in [9.17, 15) is 13.2 Å². The Morgan fingerprint density at radius 3 is 2.52 bits per heavy atom. The highest BCUT2D eigenvalue weighted by molar-refractivity contribution is 7.89. The number of ether oxygens (including phenoxy) is 1. The minimum absolute atomic E-state index is 0.148. The van der Waals surface area contributed by atoms with Crippen molar-refractivity contribution in [1.29, 1.82) is 0 Å². The Labute approximate surface area is 182 Å². The van der Waals surface area contributed by atoms with Gasteiger partial charge in [-0.25, -0.2) is 13.4 Å². The first-order valence-corrected chi connectivity index (χ1v) is 11.7. The Morgan fingerprint density at radius 1 is 1.16 bits per heavy atom. The van der Waals surface area contributed by atoms with E-state index in [2.05, 4.69) is 15.4 Å². The number of benzene rings is 1. The molecule has 1 N–H and O–H groups in total. The molecule has 0 aromatic heterocycles. The molecular formula is C21H27N5O4S. The lowest BCUT2D eigenvalue weighted by molar-refractivity contribution is -0.124. The molecule has 0 radical (unpaired) electrons. The van der Waals surface area contributed by atoms with Gasteiger partial charge >= 0.3 is 0 Å².